The number of piperidine rings is 1. The maximum Gasteiger partial charge on any atom is 0.306 e. The molecule has 1 aliphatic rings. The van der Waals surface area contributed by atoms with Crippen molar-refractivity contribution in [1.82, 2.24) is 4.90 Å². The molecule has 0 radical (unpaired) electrons. The highest BCUT2D eigenvalue weighted by Crippen LogP contribution is 2.34. The summed E-state index contributed by atoms with van der Waals surface area (Å²) in [4.78, 5) is 13.6. The van der Waals surface area contributed by atoms with E-state index in [9.17, 15) is 14.3 Å². The first-order valence-corrected chi connectivity index (χ1v) is 9.33. The zero-order valence-electron chi connectivity index (χ0n) is 15.0. The first-order chi connectivity index (χ1) is 13.1. The third-order valence-electron chi connectivity index (χ3n) is 5.50. The highest BCUT2D eigenvalue weighted by molar-refractivity contribution is 5.83. The van der Waals surface area contributed by atoms with E-state index in [-0.39, 0.29) is 17.8 Å². The molecule has 3 aromatic rings. The molecule has 3 aromatic carbocycles. The van der Waals surface area contributed by atoms with Crippen LogP contribution in [0.5, 0.6) is 0 Å². The Labute approximate surface area is 158 Å². The second-order valence-electron chi connectivity index (χ2n) is 7.21. The van der Waals surface area contributed by atoms with E-state index in [1.165, 1.54) is 11.5 Å². The predicted octanol–water partition coefficient (Wildman–Crippen LogP) is 4.86. The number of rotatable bonds is 4. The molecule has 1 heterocycles. The Bertz CT molecular complexity index is 963. The van der Waals surface area contributed by atoms with Crippen LogP contribution in [0.1, 0.15) is 30.0 Å². The van der Waals surface area contributed by atoms with Crippen LogP contribution in [-0.4, -0.2) is 29.1 Å². The van der Waals surface area contributed by atoms with Crippen LogP contribution < -0.4 is 0 Å². The lowest BCUT2D eigenvalue weighted by Crippen LogP contribution is -2.39. The molecule has 0 aromatic heterocycles. The molecule has 1 N–H and O–H groups in total. The average Bonchev–Trinajstić information content (AvgIpc) is 2.68. The molecule has 4 heteroatoms. The van der Waals surface area contributed by atoms with Crippen LogP contribution in [0.2, 0.25) is 0 Å². The largest absolute Gasteiger partial charge is 0.481 e. The van der Waals surface area contributed by atoms with E-state index in [0.717, 1.165) is 16.5 Å². The summed E-state index contributed by atoms with van der Waals surface area (Å²) in [7, 11) is 0. The Balaban J connectivity index is 1.72. The maximum atomic E-state index is 13.9. The first-order valence-electron chi connectivity index (χ1n) is 9.33. The molecule has 0 bridgehead atoms. The van der Waals surface area contributed by atoms with Crippen molar-refractivity contribution in [3.8, 4) is 0 Å². The SMILES string of the molecule is O=C(O)C1CCN(C(c2cccc(F)c2)c2ccc3ccccc3c2)CC1. The number of likely N-dealkylation sites (tertiary alicyclic amines) is 1. The van der Waals surface area contributed by atoms with Gasteiger partial charge in [0.1, 0.15) is 5.82 Å². The summed E-state index contributed by atoms with van der Waals surface area (Å²) in [5.41, 5.74) is 2.01. The highest BCUT2D eigenvalue weighted by atomic mass is 19.1. The van der Waals surface area contributed by atoms with Crippen molar-refractivity contribution in [2.75, 3.05) is 13.1 Å². The molecule has 0 saturated carbocycles. The van der Waals surface area contributed by atoms with Crippen molar-refractivity contribution in [2.45, 2.75) is 18.9 Å². The first kappa shape index (κ1) is 17.7. The highest BCUT2D eigenvalue weighted by Gasteiger charge is 2.30. The summed E-state index contributed by atoms with van der Waals surface area (Å²) < 4.78 is 13.9. The number of halogens is 1. The Morgan fingerprint density at radius 1 is 0.926 bits per heavy atom. The fraction of sp³-hybridized carbons (Fsp3) is 0.261. The molecule has 138 valence electrons. The van der Waals surface area contributed by atoms with Crippen LogP contribution >= 0.6 is 0 Å². The molecule has 1 aliphatic heterocycles. The normalized spacial score (nSPS) is 17.1. The third-order valence-corrected chi connectivity index (χ3v) is 5.50. The summed E-state index contributed by atoms with van der Waals surface area (Å²) in [5.74, 6) is -1.26. The Morgan fingerprint density at radius 3 is 2.33 bits per heavy atom. The number of nitrogens with zero attached hydrogens (tertiary/aromatic N) is 1. The second kappa shape index (κ2) is 7.49. The molecular formula is C23H22FNO2. The van der Waals surface area contributed by atoms with Crippen molar-refractivity contribution < 1.29 is 14.3 Å². The molecule has 27 heavy (non-hydrogen) atoms. The van der Waals surface area contributed by atoms with Gasteiger partial charge in [0, 0.05) is 0 Å². The van der Waals surface area contributed by atoms with Crippen molar-refractivity contribution in [3.63, 3.8) is 0 Å². The molecule has 0 amide bonds. The average molecular weight is 363 g/mol. The van der Waals surface area contributed by atoms with Crippen LogP contribution in [-0.2, 0) is 4.79 Å². The minimum atomic E-state index is -0.720. The number of carboxylic acids is 1. The number of benzene rings is 3. The number of hydrogen-bond donors (Lipinski definition) is 1. The Kier molecular flexibility index (Phi) is 4.90. The molecule has 1 fully saturated rings. The lowest BCUT2D eigenvalue weighted by Gasteiger charge is -2.37. The van der Waals surface area contributed by atoms with Gasteiger partial charge in [0.2, 0.25) is 0 Å². The molecule has 1 unspecified atom stereocenters. The smallest absolute Gasteiger partial charge is 0.306 e. The van der Waals surface area contributed by atoms with Crippen LogP contribution in [0.25, 0.3) is 10.8 Å². The van der Waals surface area contributed by atoms with Gasteiger partial charge >= 0.3 is 5.97 Å². The van der Waals surface area contributed by atoms with Gasteiger partial charge in [0.05, 0.1) is 12.0 Å². The number of carbonyl (C=O) groups is 1. The van der Waals surface area contributed by atoms with Crippen LogP contribution in [0.15, 0.2) is 66.7 Å². The minimum Gasteiger partial charge on any atom is -0.481 e. The van der Waals surface area contributed by atoms with Crippen LogP contribution in [0, 0.1) is 11.7 Å². The quantitative estimate of drug-likeness (QED) is 0.719. The zero-order chi connectivity index (χ0) is 18.8. The fourth-order valence-electron chi connectivity index (χ4n) is 4.07. The standard InChI is InChI=1S/C23H22FNO2/c24-21-7-3-6-19(15-21)22(25-12-10-17(11-13-25)23(26)27)20-9-8-16-4-1-2-5-18(16)14-20/h1-9,14-15,17,22H,10-13H2,(H,26,27). The van der Waals surface area contributed by atoms with E-state index in [1.54, 1.807) is 12.1 Å². The van der Waals surface area contributed by atoms with Gasteiger partial charge in [0.25, 0.3) is 0 Å². The molecule has 4 rings (SSSR count). The lowest BCUT2D eigenvalue weighted by molar-refractivity contribution is -0.143. The van der Waals surface area contributed by atoms with Crippen molar-refractivity contribution >= 4 is 16.7 Å². The number of hydrogen-bond acceptors (Lipinski definition) is 2. The van der Waals surface area contributed by atoms with Crippen LogP contribution in [0.3, 0.4) is 0 Å². The minimum absolute atomic E-state index is 0.0833. The van der Waals surface area contributed by atoms with Gasteiger partial charge in [-0.2, -0.15) is 0 Å². The third kappa shape index (κ3) is 3.71. The summed E-state index contributed by atoms with van der Waals surface area (Å²) >= 11 is 0. The summed E-state index contributed by atoms with van der Waals surface area (Å²) in [6, 6.07) is 21.2. The van der Waals surface area contributed by atoms with Crippen LogP contribution in [0.4, 0.5) is 4.39 Å². The van der Waals surface area contributed by atoms with Gasteiger partial charge in [-0.1, -0.05) is 48.5 Å². The lowest BCUT2D eigenvalue weighted by atomic mass is 9.90. The molecule has 0 spiro atoms. The van der Waals surface area contributed by atoms with Crippen molar-refractivity contribution in [2.24, 2.45) is 5.92 Å². The van der Waals surface area contributed by atoms with Gasteiger partial charge in [0.15, 0.2) is 0 Å². The number of carboxylic acid groups (broad SMARTS) is 1. The van der Waals surface area contributed by atoms with Crippen molar-refractivity contribution in [3.05, 3.63) is 83.7 Å². The zero-order valence-corrected chi connectivity index (χ0v) is 15.0. The summed E-state index contributed by atoms with van der Waals surface area (Å²) in [5, 5.41) is 11.6. The maximum absolute atomic E-state index is 13.9. The van der Waals surface area contributed by atoms with Gasteiger partial charge in [-0.3, -0.25) is 9.69 Å². The molecule has 3 nitrogen and oxygen atoms in total. The van der Waals surface area contributed by atoms with Gasteiger partial charge in [-0.15, -0.1) is 0 Å². The molecular weight excluding hydrogens is 341 g/mol. The van der Waals surface area contributed by atoms with Gasteiger partial charge < -0.3 is 5.11 Å². The monoisotopic (exact) mass is 363 g/mol. The topological polar surface area (TPSA) is 40.5 Å². The van der Waals surface area contributed by atoms with E-state index in [1.807, 2.05) is 18.2 Å². The van der Waals surface area contributed by atoms with Crippen molar-refractivity contribution in [1.29, 1.82) is 0 Å². The van der Waals surface area contributed by atoms with Gasteiger partial charge in [-0.25, -0.2) is 4.39 Å². The fourth-order valence-corrected chi connectivity index (χ4v) is 4.07. The molecule has 1 atom stereocenters. The number of aliphatic carboxylic acids is 1. The summed E-state index contributed by atoms with van der Waals surface area (Å²) in [6.07, 6.45) is 1.24. The van der Waals surface area contributed by atoms with E-state index in [0.29, 0.717) is 25.9 Å². The Hall–Kier alpha value is -2.72. The molecule has 0 aliphatic carbocycles. The van der Waals surface area contributed by atoms with E-state index < -0.39 is 5.97 Å². The van der Waals surface area contributed by atoms with E-state index in [4.69, 9.17) is 0 Å². The predicted molar refractivity (Wildman–Crippen MR) is 104 cm³/mol. The van der Waals surface area contributed by atoms with E-state index in [2.05, 4.69) is 35.2 Å². The summed E-state index contributed by atoms with van der Waals surface area (Å²) in [6.45, 7) is 1.37. The number of fused-ring (bicyclic) bond motifs is 1. The van der Waals surface area contributed by atoms with Gasteiger partial charge in [-0.05, 0) is 66.0 Å². The Morgan fingerprint density at radius 2 is 1.63 bits per heavy atom. The van der Waals surface area contributed by atoms with E-state index >= 15 is 0 Å². The second-order valence-corrected chi connectivity index (χ2v) is 7.21. The molecule has 1 saturated heterocycles.